The highest BCUT2D eigenvalue weighted by Gasteiger charge is 2.23. The van der Waals surface area contributed by atoms with Crippen molar-refractivity contribution < 1.29 is 4.42 Å². The first-order valence-electron chi connectivity index (χ1n) is 17.0. The summed E-state index contributed by atoms with van der Waals surface area (Å²) in [7, 11) is 0. The first kappa shape index (κ1) is 28.4. The molecule has 0 bridgehead atoms. The highest BCUT2D eigenvalue weighted by molar-refractivity contribution is 6.22. The van der Waals surface area contributed by atoms with Crippen molar-refractivity contribution in [2.45, 2.75) is 13.1 Å². The lowest BCUT2D eigenvalue weighted by Crippen LogP contribution is -2.10. The predicted molar refractivity (Wildman–Crippen MR) is 209 cm³/mol. The molecule has 0 aliphatic carbocycles. The van der Waals surface area contributed by atoms with Gasteiger partial charge in [-0.25, -0.2) is 0 Å². The normalized spacial score (nSPS) is 13.0. The number of rotatable bonds is 5. The van der Waals surface area contributed by atoms with Crippen LogP contribution in [0.15, 0.2) is 167 Å². The van der Waals surface area contributed by atoms with Crippen molar-refractivity contribution in [3.63, 3.8) is 0 Å². The fraction of sp³-hybridized carbons (Fsp3) is 0.0444. The maximum atomic E-state index is 6.77. The number of para-hydroxylation sites is 3. The van der Waals surface area contributed by atoms with Gasteiger partial charge < -0.3 is 19.3 Å². The smallest absolute Gasteiger partial charge is 0.176 e. The largest absolute Gasteiger partial charge is 0.452 e. The van der Waals surface area contributed by atoms with E-state index in [-0.39, 0.29) is 6.17 Å². The zero-order valence-electron chi connectivity index (χ0n) is 27.4. The van der Waals surface area contributed by atoms with Crippen LogP contribution in [-0.2, 0) is 0 Å². The van der Waals surface area contributed by atoms with E-state index in [1.807, 2.05) is 42.5 Å². The van der Waals surface area contributed by atoms with Crippen molar-refractivity contribution in [2.24, 2.45) is 4.99 Å². The molecule has 0 amide bonds. The Kier molecular flexibility index (Phi) is 6.24. The Balaban J connectivity index is 1.25. The van der Waals surface area contributed by atoms with E-state index in [0.29, 0.717) is 11.4 Å². The Morgan fingerprint density at radius 2 is 1.20 bits per heavy atom. The second-order valence-corrected chi connectivity index (χ2v) is 12.9. The van der Waals surface area contributed by atoms with Crippen LogP contribution in [0, 0.1) is 0 Å². The number of nitrogens with zero attached hydrogens (tertiary/aromatic N) is 3. The number of aliphatic imine (C=N–C) groups is 1. The molecule has 10 rings (SSSR count). The standard InChI is InChI=1S/C45H32N4O/c1-28(47-44(30-14-3-2-4-15-30)45-43(46)35-19-9-12-22-41(35)50-45)48-39-26-24-31(27-36(39)42-32-16-6-5-13-29(32)23-25-40(42)48)49-37-20-10-7-17-33(37)34-18-8-11-21-38(34)49/h2-28H,46H2,1H3. The van der Waals surface area contributed by atoms with E-state index >= 15 is 0 Å². The summed E-state index contributed by atoms with van der Waals surface area (Å²) < 4.78 is 11.2. The molecule has 0 spiro atoms. The molecule has 0 radical (unpaired) electrons. The summed E-state index contributed by atoms with van der Waals surface area (Å²) in [6.07, 6.45) is -0.293. The quantitative estimate of drug-likeness (QED) is 0.190. The van der Waals surface area contributed by atoms with Crippen LogP contribution in [0.5, 0.6) is 0 Å². The van der Waals surface area contributed by atoms with E-state index in [1.54, 1.807) is 0 Å². The van der Waals surface area contributed by atoms with Crippen LogP contribution in [0.3, 0.4) is 0 Å². The first-order chi connectivity index (χ1) is 24.7. The molecule has 50 heavy (non-hydrogen) atoms. The molecule has 0 fully saturated rings. The second kappa shape index (κ2) is 11.0. The van der Waals surface area contributed by atoms with Crippen molar-refractivity contribution in [1.29, 1.82) is 0 Å². The monoisotopic (exact) mass is 644 g/mol. The molecule has 7 aromatic carbocycles. The van der Waals surface area contributed by atoms with Crippen LogP contribution in [0.4, 0.5) is 5.69 Å². The van der Waals surface area contributed by atoms with Crippen molar-refractivity contribution >= 4 is 76.8 Å². The van der Waals surface area contributed by atoms with Gasteiger partial charge in [-0.3, -0.25) is 4.99 Å². The summed E-state index contributed by atoms with van der Waals surface area (Å²) in [4.78, 5) is 5.45. The molecule has 3 heterocycles. The van der Waals surface area contributed by atoms with Crippen LogP contribution in [-0.4, -0.2) is 14.8 Å². The van der Waals surface area contributed by atoms with Gasteiger partial charge in [0.15, 0.2) is 5.76 Å². The number of hydrogen-bond donors (Lipinski definition) is 1. The predicted octanol–water partition coefficient (Wildman–Crippen LogP) is 11.4. The first-order valence-corrected chi connectivity index (χ1v) is 17.0. The van der Waals surface area contributed by atoms with Crippen LogP contribution in [0.1, 0.15) is 24.4 Å². The Labute approximate surface area is 288 Å². The summed E-state index contributed by atoms with van der Waals surface area (Å²) in [5.41, 5.74) is 15.5. The van der Waals surface area contributed by atoms with Crippen molar-refractivity contribution in [2.75, 3.05) is 5.73 Å². The van der Waals surface area contributed by atoms with E-state index in [0.717, 1.165) is 39.0 Å². The number of aromatic nitrogens is 2. The lowest BCUT2D eigenvalue weighted by molar-refractivity contribution is 0.590. The van der Waals surface area contributed by atoms with Gasteiger partial charge in [-0.2, -0.15) is 0 Å². The van der Waals surface area contributed by atoms with E-state index in [2.05, 4.69) is 131 Å². The summed E-state index contributed by atoms with van der Waals surface area (Å²) in [6.45, 7) is 2.15. The van der Waals surface area contributed by atoms with Crippen LogP contribution in [0.2, 0.25) is 0 Å². The number of benzene rings is 7. The maximum Gasteiger partial charge on any atom is 0.176 e. The molecule has 0 aliphatic heterocycles. The number of fused-ring (bicyclic) bond motifs is 9. The molecule has 5 heteroatoms. The number of anilines is 1. The summed E-state index contributed by atoms with van der Waals surface area (Å²) >= 11 is 0. The van der Waals surface area contributed by atoms with Gasteiger partial charge in [-0.15, -0.1) is 0 Å². The third-order valence-corrected chi connectivity index (χ3v) is 10.1. The molecule has 5 nitrogen and oxygen atoms in total. The van der Waals surface area contributed by atoms with E-state index in [4.69, 9.17) is 15.1 Å². The highest BCUT2D eigenvalue weighted by Crippen LogP contribution is 2.40. The Morgan fingerprint density at radius 3 is 1.94 bits per heavy atom. The van der Waals surface area contributed by atoms with Gasteiger partial charge in [0.25, 0.3) is 0 Å². The van der Waals surface area contributed by atoms with E-state index < -0.39 is 0 Å². The molecular weight excluding hydrogens is 613 g/mol. The topological polar surface area (TPSA) is 61.4 Å². The molecule has 3 aromatic heterocycles. The SMILES string of the molecule is CC(N=C(c1ccccc1)c1oc2ccccc2c1N)n1c2ccc(-n3c4ccccc4c4ccccc43)cc2c2c3ccccc3ccc21. The minimum Gasteiger partial charge on any atom is -0.452 e. The number of hydrogen-bond acceptors (Lipinski definition) is 3. The lowest BCUT2D eigenvalue weighted by atomic mass is 10.0. The molecule has 0 saturated heterocycles. The molecule has 0 aliphatic rings. The molecule has 238 valence electrons. The number of nitrogens with two attached hydrogens (primary N) is 1. The molecule has 1 unspecified atom stereocenters. The zero-order chi connectivity index (χ0) is 33.3. The third kappa shape index (κ3) is 4.17. The third-order valence-electron chi connectivity index (χ3n) is 10.1. The zero-order valence-corrected chi connectivity index (χ0v) is 27.4. The van der Waals surface area contributed by atoms with Gasteiger partial charge in [0.05, 0.1) is 27.8 Å². The summed E-state index contributed by atoms with van der Waals surface area (Å²) in [5.74, 6) is 0.587. The summed E-state index contributed by atoms with van der Waals surface area (Å²) in [6, 6.07) is 55.4. The Morgan fingerprint density at radius 1 is 0.580 bits per heavy atom. The summed E-state index contributed by atoms with van der Waals surface area (Å²) in [5, 5.41) is 8.20. The molecule has 2 N–H and O–H groups in total. The van der Waals surface area contributed by atoms with Crippen LogP contribution < -0.4 is 5.73 Å². The van der Waals surface area contributed by atoms with Crippen molar-refractivity contribution in [3.05, 3.63) is 169 Å². The van der Waals surface area contributed by atoms with Gasteiger partial charge in [-0.05, 0) is 66.2 Å². The van der Waals surface area contributed by atoms with Gasteiger partial charge in [0.1, 0.15) is 17.5 Å². The fourth-order valence-corrected chi connectivity index (χ4v) is 7.90. The molecule has 0 saturated carbocycles. The van der Waals surface area contributed by atoms with E-state index in [9.17, 15) is 0 Å². The second-order valence-electron chi connectivity index (χ2n) is 12.9. The van der Waals surface area contributed by atoms with Gasteiger partial charge in [0.2, 0.25) is 0 Å². The van der Waals surface area contributed by atoms with Crippen LogP contribution >= 0.6 is 0 Å². The Hall–Kier alpha value is -6.59. The molecular formula is C45H32N4O. The average Bonchev–Trinajstić information content (AvgIpc) is 3.81. The molecule has 1 atom stereocenters. The number of nitrogen functional groups attached to an aromatic ring is 1. The Bertz CT molecular complexity index is 2910. The van der Waals surface area contributed by atoms with E-state index in [1.165, 1.54) is 43.4 Å². The van der Waals surface area contributed by atoms with Gasteiger partial charge in [0, 0.05) is 38.2 Å². The number of furan rings is 1. The van der Waals surface area contributed by atoms with Gasteiger partial charge in [-0.1, -0.05) is 109 Å². The minimum absolute atomic E-state index is 0.293. The lowest BCUT2D eigenvalue weighted by Gasteiger charge is -2.16. The van der Waals surface area contributed by atoms with Crippen molar-refractivity contribution in [3.8, 4) is 5.69 Å². The minimum atomic E-state index is -0.293. The average molecular weight is 645 g/mol. The maximum absolute atomic E-state index is 6.77. The van der Waals surface area contributed by atoms with Crippen LogP contribution in [0.25, 0.3) is 71.0 Å². The van der Waals surface area contributed by atoms with Gasteiger partial charge >= 0.3 is 0 Å². The molecule has 10 aromatic rings. The fourth-order valence-electron chi connectivity index (χ4n) is 7.90. The highest BCUT2D eigenvalue weighted by atomic mass is 16.3. The van der Waals surface area contributed by atoms with Crippen molar-refractivity contribution in [1.82, 2.24) is 9.13 Å².